The van der Waals surface area contributed by atoms with Gasteiger partial charge in [0.05, 0.1) is 6.04 Å². The van der Waals surface area contributed by atoms with Gasteiger partial charge < -0.3 is 10.6 Å². The molecule has 1 amide bonds. The van der Waals surface area contributed by atoms with Crippen molar-refractivity contribution in [3.8, 4) is 0 Å². The average Bonchev–Trinajstić information content (AvgIpc) is 2.91. The molecule has 1 atom stereocenters. The predicted octanol–water partition coefficient (Wildman–Crippen LogP) is 2.28. The molecule has 0 aliphatic carbocycles. The summed E-state index contributed by atoms with van der Waals surface area (Å²) in [7, 11) is 1.80. The van der Waals surface area contributed by atoms with Gasteiger partial charge in [-0.05, 0) is 34.4 Å². The van der Waals surface area contributed by atoms with Gasteiger partial charge >= 0.3 is 0 Å². The van der Waals surface area contributed by atoms with E-state index in [9.17, 15) is 4.79 Å². The van der Waals surface area contributed by atoms with E-state index < -0.39 is 6.04 Å². The molecule has 1 aromatic heterocycles. The normalized spacial score (nSPS) is 12.1. The zero-order chi connectivity index (χ0) is 13.7. The highest BCUT2D eigenvalue weighted by atomic mass is 32.1. The van der Waals surface area contributed by atoms with Crippen LogP contribution in [0.15, 0.2) is 47.2 Å². The third-order valence-electron chi connectivity index (χ3n) is 2.99. The van der Waals surface area contributed by atoms with Crippen molar-refractivity contribution in [2.24, 2.45) is 5.73 Å². The van der Waals surface area contributed by atoms with Gasteiger partial charge in [0.2, 0.25) is 5.91 Å². The molecule has 4 heteroatoms. The molecule has 0 unspecified atom stereocenters. The Hall–Kier alpha value is -1.65. The van der Waals surface area contributed by atoms with Crippen molar-refractivity contribution in [2.75, 3.05) is 7.05 Å². The monoisotopic (exact) mass is 274 g/mol. The van der Waals surface area contributed by atoms with Crippen molar-refractivity contribution in [1.29, 1.82) is 0 Å². The molecule has 0 bridgehead atoms. The van der Waals surface area contributed by atoms with Crippen LogP contribution >= 0.6 is 11.3 Å². The number of thiophene rings is 1. The Kier molecular flexibility index (Phi) is 4.71. The van der Waals surface area contributed by atoms with Gasteiger partial charge in [-0.2, -0.15) is 11.3 Å². The van der Waals surface area contributed by atoms with Crippen LogP contribution in [0.5, 0.6) is 0 Å². The lowest BCUT2D eigenvalue weighted by Gasteiger charge is -2.21. The first-order valence-electron chi connectivity index (χ1n) is 6.22. The van der Waals surface area contributed by atoms with Crippen molar-refractivity contribution in [3.05, 3.63) is 58.3 Å². The molecule has 2 rings (SSSR count). The number of amides is 1. The van der Waals surface area contributed by atoms with Crippen LogP contribution in [0.4, 0.5) is 0 Å². The minimum Gasteiger partial charge on any atom is -0.340 e. The standard InChI is InChI=1S/C15H18N2OS/c1-17(10-13-7-8-19-11-13)15(18)14(16)9-12-5-3-2-4-6-12/h2-8,11,14H,9-10,16H2,1H3/t14-/m0/s1. The molecule has 0 radical (unpaired) electrons. The Balaban J connectivity index is 1.91. The van der Waals surface area contributed by atoms with Crippen LogP contribution in [-0.4, -0.2) is 23.9 Å². The Bertz CT molecular complexity index is 510. The zero-order valence-corrected chi connectivity index (χ0v) is 11.8. The maximum absolute atomic E-state index is 12.2. The molecule has 0 saturated heterocycles. The van der Waals surface area contributed by atoms with Gasteiger partial charge in [0.1, 0.15) is 0 Å². The Labute approximate surface area is 117 Å². The van der Waals surface area contributed by atoms with E-state index >= 15 is 0 Å². The van der Waals surface area contributed by atoms with Gasteiger partial charge in [0, 0.05) is 13.6 Å². The first kappa shape index (κ1) is 13.8. The summed E-state index contributed by atoms with van der Waals surface area (Å²) >= 11 is 1.64. The summed E-state index contributed by atoms with van der Waals surface area (Å²) in [5.41, 5.74) is 8.23. The SMILES string of the molecule is CN(Cc1ccsc1)C(=O)[C@@H](N)Cc1ccccc1. The van der Waals surface area contributed by atoms with E-state index in [1.807, 2.05) is 47.2 Å². The summed E-state index contributed by atoms with van der Waals surface area (Å²) in [6, 6.07) is 11.4. The summed E-state index contributed by atoms with van der Waals surface area (Å²) in [6.07, 6.45) is 0.577. The molecule has 1 aromatic carbocycles. The molecule has 19 heavy (non-hydrogen) atoms. The molecule has 1 heterocycles. The van der Waals surface area contributed by atoms with Gasteiger partial charge in [-0.25, -0.2) is 0 Å². The van der Waals surface area contributed by atoms with E-state index in [1.54, 1.807) is 23.3 Å². The molecule has 0 aliphatic rings. The Morgan fingerprint density at radius 1 is 1.26 bits per heavy atom. The molecule has 2 aromatic rings. The number of carbonyl (C=O) groups is 1. The number of nitrogens with zero attached hydrogens (tertiary/aromatic N) is 1. The molecular weight excluding hydrogens is 256 g/mol. The second-order valence-corrected chi connectivity index (χ2v) is 5.40. The predicted molar refractivity (Wildman–Crippen MR) is 78.9 cm³/mol. The summed E-state index contributed by atoms with van der Waals surface area (Å²) in [4.78, 5) is 13.9. The molecule has 0 fully saturated rings. The van der Waals surface area contributed by atoms with E-state index in [4.69, 9.17) is 5.73 Å². The fraction of sp³-hybridized carbons (Fsp3) is 0.267. The molecule has 3 nitrogen and oxygen atoms in total. The van der Waals surface area contributed by atoms with E-state index in [0.717, 1.165) is 11.1 Å². The number of hydrogen-bond donors (Lipinski definition) is 1. The number of rotatable bonds is 5. The van der Waals surface area contributed by atoms with Crippen LogP contribution in [0.3, 0.4) is 0 Å². The third-order valence-corrected chi connectivity index (χ3v) is 3.72. The van der Waals surface area contributed by atoms with Crippen LogP contribution in [0.1, 0.15) is 11.1 Å². The summed E-state index contributed by atoms with van der Waals surface area (Å²) < 4.78 is 0. The summed E-state index contributed by atoms with van der Waals surface area (Å²) in [6.45, 7) is 0.616. The molecule has 2 N–H and O–H groups in total. The van der Waals surface area contributed by atoms with Crippen molar-refractivity contribution in [1.82, 2.24) is 4.90 Å². The molecule has 0 spiro atoms. The van der Waals surface area contributed by atoms with Gasteiger partial charge in [-0.15, -0.1) is 0 Å². The Morgan fingerprint density at radius 3 is 2.63 bits per heavy atom. The maximum atomic E-state index is 12.2. The lowest BCUT2D eigenvalue weighted by molar-refractivity contribution is -0.131. The van der Waals surface area contributed by atoms with Gasteiger partial charge in [0.25, 0.3) is 0 Å². The van der Waals surface area contributed by atoms with E-state index in [-0.39, 0.29) is 5.91 Å². The highest BCUT2D eigenvalue weighted by Crippen LogP contribution is 2.10. The first-order valence-corrected chi connectivity index (χ1v) is 7.16. The third kappa shape index (κ3) is 3.91. The molecule has 0 aliphatic heterocycles. The van der Waals surface area contributed by atoms with Crippen molar-refractivity contribution in [3.63, 3.8) is 0 Å². The highest BCUT2D eigenvalue weighted by molar-refractivity contribution is 7.07. The number of hydrogen-bond acceptors (Lipinski definition) is 3. The summed E-state index contributed by atoms with van der Waals surface area (Å²) in [5, 5.41) is 4.06. The number of carbonyl (C=O) groups excluding carboxylic acids is 1. The van der Waals surface area contributed by atoms with Crippen LogP contribution < -0.4 is 5.73 Å². The van der Waals surface area contributed by atoms with E-state index in [0.29, 0.717) is 13.0 Å². The van der Waals surface area contributed by atoms with Gasteiger partial charge in [0.15, 0.2) is 0 Å². The smallest absolute Gasteiger partial charge is 0.239 e. The molecular formula is C15H18N2OS. The van der Waals surface area contributed by atoms with E-state index in [2.05, 4.69) is 0 Å². The maximum Gasteiger partial charge on any atom is 0.239 e. The molecule has 100 valence electrons. The van der Waals surface area contributed by atoms with Crippen LogP contribution in [-0.2, 0) is 17.8 Å². The Morgan fingerprint density at radius 2 is 2.00 bits per heavy atom. The number of nitrogens with two attached hydrogens (primary N) is 1. The minimum absolute atomic E-state index is 0.0185. The van der Waals surface area contributed by atoms with Crippen molar-refractivity contribution in [2.45, 2.75) is 19.0 Å². The topological polar surface area (TPSA) is 46.3 Å². The fourth-order valence-electron chi connectivity index (χ4n) is 1.97. The van der Waals surface area contributed by atoms with E-state index in [1.165, 1.54) is 0 Å². The number of benzene rings is 1. The first-order chi connectivity index (χ1) is 9.16. The van der Waals surface area contributed by atoms with Crippen LogP contribution in [0, 0.1) is 0 Å². The quantitative estimate of drug-likeness (QED) is 0.909. The lowest BCUT2D eigenvalue weighted by Crippen LogP contribution is -2.42. The number of likely N-dealkylation sites (N-methyl/N-ethyl adjacent to an activating group) is 1. The summed E-state index contributed by atoms with van der Waals surface area (Å²) in [5.74, 6) is -0.0185. The van der Waals surface area contributed by atoms with Crippen molar-refractivity contribution < 1.29 is 4.79 Å². The van der Waals surface area contributed by atoms with Gasteiger partial charge in [-0.1, -0.05) is 30.3 Å². The van der Waals surface area contributed by atoms with Crippen molar-refractivity contribution >= 4 is 17.2 Å². The van der Waals surface area contributed by atoms with Gasteiger partial charge in [-0.3, -0.25) is 4.79 Å². The second-order valence-electron chi connectivity index (χ2n) is 4.62. The van der Waals surface area contributed by atoms with Crippen LogP contribution in [0.25, 0.3) is 0 Å². The second kappa shape index (κ2) is 6.50. The zero-order valence-electron chi connectivity index (χ0n) is 11.0. The van der Waals surface area contributed by atoms with Crippen LogP contribution in [0.2, 0.25) is 0 Å². The molecule has 0 saturated carbocycles. The minimum atomic E-state index is -0.481. The average molecular weight is 274 g/mol. The largest absolute Gasteiger partial charge is 0.340 e. The lowest BCUT2D eigenvalue weighted by atomic mass is 10.1. The highest BCUT2D eigenvalue weighted by Gasteiger charge is 2.18. The fourth-order valence-corrected chi connectivity index (χ4v) is 2.63.